The fraction of sp³-hybridized carbons (Fsp3) is 0.500. The van der Waals surface area contributed by atoms with Crippen LogP contribution in [0.1, 0.15) is 12.6 Å². The summed E-state index contributed by atoms with van der Waals surface area (Å²) in [5.74, 6) is 0. The highest BCUT2D eigenvalue weighted by molar-refractivity contribution is 9.11. The molecule has 1 fully saturated rings. The highest BCUT2D eigenvalue weighted by atomic mass is 79.9. The fourth-order valence-corrected chi connectivity index (χ4v) is 3.77. The molecule has 10 heteroatoms. The normalized spacial score (nSPS) is 26.6. The number of halogens is 3. The number of aliphatic hydroxyl groups excluding tert-OH is 2. The van der Waals surface area contributed by atoms with Crippen molar-refractivity contribution in [1.29, 1.82) is 0 Å². The lowest BCUT2D eigenvalue weighted by atomic mass is 10.2. The van der Waals surface area contributed by atoms with E-state index in [9.17, 15) is 5.11 Å². The summed E-state index contributed by atoms with van der Waals surface area (Å²) < 4.78 is 8.87. The summed E-state index contributed by atoms with van der Waals surface area (Å²) in [7, 11) is 0. The fourth-order valence-electron chi connectivity index (χ4n) is 2.18. The van der Waals surface area contributed by atoms with Gasteiger partial charge < -0.3 is 14.9 Å². The minimum atomic E-state index is -0.719. The van der Waals surface area contributed by atoms with Crippen LogP contribution in [0.5, 0.6) is 0 Å². The number of imidazole rings is 1. The first-order chi connectivity index (χ1) is 9.51. The second-order valence-electron chi connectivity index (χ2n) is 4.32. The van der Waals surface area contributed by atoms with Gasteiger partial charge in [0.15, 0.2) is 15.1 Å². The average molecular weight is 473 g/mol. The molecular weight excluding hydrogens is 464 g/mol. The Morgan fingerprint density at radius 1 is 1.25 bits per heavy atom. The first-order valence-corrected chi connectivity index (χ1v) is 8.10. The van der Waals surface area contributed by atoms with E-state index in [1.807, 2.05) is 0 Å². The van der Waals surface area contributed by atoms with E-state index in [-0.39, 0.29) is 6.61 Å². The molecular formula is C10H9Br3N4O3. The number of rotatable bonds is 2. The largest absolute Gasteiger partial charge is 0.394 e. The van der Waals surface area contributed by atoms with Gasteiger partial charge in [-0.2, -0.15) is 0 Å². The Hall–Kier alpha value is -0.130. The molecule has 3 heterocycles. The summed E-state index contributed by atoms with van der Waals surface area (Å²) in [6.45, 7) is -0.232. The zero-order valence-electron chi connectivity index (χ0n) is 9.87. The highest BCUT2D eigenvalue weighted by Gasteiger charge is 2.36. The monoisotopic (exact) mass is 470 g/mol. The molecule has 2 aromatic heterocycles. The third-order valence-corrected chi connectivity index (χ3v) is 4.57. The number of hydrogen-bond acceptors (Lipinski definition) is 6. The van der Waals surface area contributed by atoms with Crippen molar-refractivity contribution in [2.45, 2.75) is 24.9 Å². The molecule has 0 unspecified atom stereocenters. The SMILES string of the molecule is OC[C@@H]1O[C@@H](n2c(Br)nc3c(Br)nc(Br)nc32)C[C@H]1O. The molecule has 1 aliphatic rings. The predicted molar refractivity (Wildman–Crippen MR) is 80.0 cm³/mol. The number of fused-ring (bicyclic) bond motifs is 1. The van der Waals surface area contributed by atoms with Crippen molar-refractivity contribution in [2.24, 2.45) is 0 Å². The van der Waals surface area contributed by atoms with E-state index in [1.54, 1.807) is 4.57 Å². The van der Waals surface area contributed by atoms with Crippen molar-refractivity contribution in [3.05, 3.63) is 14.1 Å². The van der Waals surface area contributed by atoms with Gasteiger partial charge in [-0.25, -0.2) is 15.0 Å². The Morgan fingerprint density at radius 2 is 2.00 bits per heavy atom. The predicted octanol–water partition coefficient (Wildman–Crippen LogP) is 1.75. The number of ether oxygens (including phenoxy) is 1. The van der Waals surface area contributed by atoms with Crippen molar-refractivity contribution in [2.75, 3.05) is 6.61 Å². The molecule has 3 atom stereocenters. The van der Waals surface area contributed by atoms with E-state index in [0.717, 1.165) is 0 Å². The van der Waals surface area contributed by atoms with Gasteiger partial charge in [-0.15, -0.1) is 0 Å². The molecule has 0 amide bonds. The Bertz CT molecular complexity index is 665. The molecule has 7 nitrogen and oxygen atoms in total. The van der Waals surface area contributed by atoms with E-state index in [1.165, 1.54) is 0 Å². The first-order valence-electron chi connectivity index (χ1n) is 5.72. The second kappa shape index (κ2) is 5.58. The molecule has 1 saturated heterocycles. The summed E-state index contributed by atoms with van der Waals surface area (Å²) >= 11 is 9.93. The van der Waals surface area contributed by atoms with Crippen molar-refractivity contribution in [3.8, 4) is 0 Å². The van der Waals surface area contributed by atoms with E-state index >= 15 is 0 Å². The molecule has 1 aliphatic heterocycles. The quantitative estimate of drug-likeness (QED) is 0.393. The molecule has 0 saturated carbocycles. The van der Waals surface area contributed by atoms with Crippen molar-refractivity contribution >= 4 is 59.0 Å². The molecule has 0 radical (unpaired) electrons. The standard InChI is InChI=1S/C10H9Br3N4O3/c11-7-6-8(16-9(12)15-7)17(10(13)14-6)5-1-3(19)4(2-18)20-5/h3-5,18-19H,1-2H2/t3-,4+,5-/m1/s1. The lowest BCUT2D eigenvalue weighted by molar-refractivity contribution is -0.0439. The minimum absolute atomic E-state index is 0.232. The molecule has 2 N–H and O–H groups in total. The Morgan fingerprint density at radius 3 is 2.65 bits per heavy atom. The van der Waals surface area contributed by atoms with Gasteiger partial charge in [0, 0.05) is 6.42 Å². The molecule has 3 rings (SSSR count). The minimum Gasteiger partial charge on any atom is -0.394 e. The molecule has 0 aromatic carbocycles. The van der Waals surface area contributed by atoms with Crippen LogP contribution in [-0.4, -0.2) is 48.5 Å². The van der Waals surface area contributed by atoms with Crippen LogP contribution in [0.4, 0.5) is 0 Å². The van der Waals surface area contributed by atoms with Crippen LogP contribution in [-0.2, 0) is 4.74 Å². The lowest BCUT2D eigenvalue weighted by Gasteiger charge is -2.14. The van der Waals surface area contributed by atoms with Gasteiger partial charge >= 0.3 is 0 Å². The van der Waals surface area contributed by atoms with Gasteiger partial charge in [0.2, 0.25) is 0 Å². The maximum atomic E-state index is 9.85. The van der Waals surface area contributed by atoms with Gasteiger partial charge in [-0.05, 0) is 47.8 Å². The van der Waals surface area contributed by atoms with Crippen LogP contribution >= 0.6 is 47.8 Å². The van der Waals surface area contributed by atoms with Crippen molar-refractivity contribution in [3.63, 3.8) is 0 Å². The Balaban J connectivity index is 2.10. The van der Waals surface area contributed by atoms with Gasteiger partial charge in [-0.1, -0.05) is 0 Å². The van der Waals surface area contributed by atoms with Crippen LogP contribution in [0.25, 0.3) is 11.2 Å². The smallest absolute Gasteiger partial charge is 0.199 e. The van der Waals surface area contributed by atoms with Crippen molar-refractivity contribution < 1.29 is 14.9 Å². The van der Waals surface area contributed by atoms with Gasteiger partial charge in [0.25, 0.3) is 0 Å². The van der Waals surface area contributed by atoms with E-state index in [0.29, 0.717) is 31.7 Å². The number of aliphatic hydroxyl groups is 2. The number of nitrogens with zero attached hydrogens (tertiary/aromatic N) is 4. The Kier molecular flexibility index (Phi) is 4.13. The molecule has 108 valence electrons. The molecule has 2 aromatic rings. The molecule has 0 bridgehead atoms. The van der Waals surface area contributed by atoms with E-state index < -0.39 is 18.4 Å². The zero-order valence-corrected chi connectivity index (χ0v) is 14.6. The molecule has 0 aliphatic carbocycles. The molecule has 20 heavy (non-hydrogen) atoms. The van der Waals surface area contributed by atoms with Crippen LogP contribution in [0.15, 0.2) is 14.1 Å². The van der Waals surface area contributed by atoms with Crippen LogP contribution in [0.2, 0.25) is 0 Å². The van der Waals surface area contributed by atoms with E-state index in [2.05, 4.69) is 62.7 Å². The summed E-state index contributed by atoms with van der Waals surface area (Å²) in [4.78, 5) is 12.8. The summed E-state index contributed by atoms with van der Waals surface area (Å²) in [6, 6.07) is 0. The maximum Gasteiger partial charge on any atom is 0.199 e. The van der Waals surface area contributed by atoms with Gasteiger partial charge in [0.1, 0.15) is 22.5 Å². The summed E-state index contributed by atoms with van der Waals surface area (Å²) in [5.41, 5.74) is 1.16. The van der Waals surface area contributed by atoms with Gasteiger partial charge in [-0.3, -0.25) is 4.57 Å². The molecule has 0 spiro atoms. The van der Waals surface area contributed by atoms with Gasteiger partial charge in [0.05, 0.1) is 12.7 Å². The average Bonchev–Trinajstić information content (AvgIpc) is 2.89. The third kappa shape index (κ3) is 2.42. The lowest BCUT2D eigenvalue weighted by Crippen LogP contribution is -2.24. The Labute approximate surface area is 138 Å². The number of hydrogen-bond donors (Lipinski definition) is 2. The number of aromatic nitrogens is 4. The van der Waals surface area contributed by atoms with Crippen molar-refractivity contribution in [1.82, 2.24) is 19.5 Å². The summed E-state index contributed by atoms with van der Waals surface area (Å²) in [5, 5.41) is 19.0. The topological polar surface area (TPSA) is 93.3 Å². The van der Waals surface area contributed by atoms with E-state index in [4.69, 9.17) is 9.84 Å². The maximum absolute atomic E-state index is 9.85. The first kappa shape index (κ1) is 14.8. The summed E-state index contributed by atoms with van der Waals surface area (Å²) in [6.07, 6.45) is -1.41. The van der Waals surface area contributed by atoms with Crippen LogP contribution in [0, 0.1) is 0 Å². The highest BCUT2D eigenvalue weighted by Crippen LogP contribution is 2.35. The second-order valence-corrected chi connectivity index (χ2v) is 6.49. The van der Waals surface area contributed by atoms with Crippen LogP contribution in [0.3, 0.4) is 0 Å². The third-order valence-electron chi connectivity index (χ3n) is 3.10. The van der Waals surface area contributed by atoms with Crippen LogP contribution < -0.4 is 0 Å². The zero-order chi connectivity index (χ0) is 14.4.